The molecule has 0 aliphatic rings. The highest BCUT2D eigenvalue weighted by atomic mass is 32.1. The van der Waals surface area contributed by atoms with Crippen LogP contribution < -0.4 is 5.32 Å². The fraction of sp³-hybridized carbons (Fsp3) is 0.389. The number of nitrogens with one attached hydrogen (secondary N) is 1. The number of carbonyl (C=O) groups is 2. The number of urea groups is 1. The maximum Gasteiger partial charge on any atom is 0.335 e. The van der Waals surface area contributed by atoms with Crippen LogP contribution in [0, 0.1) is 6.92 Å². The molecule has 0 fully saturated rings. The molecule has 2 aromatic rings. The highest BCUT2D eigenvalue weighted by Gasteiger charge is 2.21. The van der Waals surface area contributed by atoms with Crippen LogP contribution >= 0.6 is 11.3 Å². The molecular formula is C18H23N3O3S. The van der Waals surface area contributed by atoms with E-state index in [4.69, 9.17) is 5.11 Å². The average molecular weight is 361 g/mol. The van der Waals surface area contributed by atoms with Gasteiger partial charge in [0, 0.05) is 18.5 Å². The van der Waals surface area contributed by atoms with Gasteiger partial charge >= 0.3 is 12.0 Å². The molecule has 0 spiro atoms. The number of benzene rings is 1. The third-order valence-electron chi connectivity index (χ3n) is 4.10. The third-order valence-corrected chi connectivity index (χ3v) is 5.58. The van der Waals surface area contributed by atoms with E-state index in [-0.39, 0.29) is 17.6 Å². The Morgan fingerprint density at radius 1 is 1.32 bits per heavy atom. The molecule has 1 atom stereocenters. The fourth-order valence-electron chi connectivity index (χ4n) is 2.42. The monoisotopic (exact) mass is 361 g/mol. The lowest BCUT2D eigenvalue weighted by molar-refractivity contribution is 0.0697. The minimum absolute atomic E-state index is 0.0628. The molecule has 0 radical (unpaired) electrons. The summed E-state index contributed by atoms with van der Waals surface area (Å²) in [5.74, 6) is -0.962. The Morgan fingerprint density at radius 3 is 2.48 bits per heavy atom. The number of aromatic nitrogens is 1. The number of carbonyl (C=O) groups excluding carboxylic acids is 1. The molecular weight excluding hydrogens is 338 g/mol. The summed E-state index contributed by atoms with van der Waals surface area (Å²) in [6.45, 7) is 6.37. The quantitative estimate of drug-likeness (QED) is 0.823. The molecule has 2 amide bonds. The summed E-state index contributed by atoms with van der Waals surface area (Å²) in [4.78, 5) is 30.5. The maximum atomic E-state index is 12.4. The van der Waals surface area contributed by atoms with Gasteiger partial charge in [-0.05, 0) is 38.0 Å². The van der Waals surface area contributed by atoms with Gasteiger partial charge in [0.15, 0.2) is 0 Å². The second kappa shape index (κ2) is 8.11. The van der Waals surface area contributed by atoms with E-state index < -0.39 is 5.97 Å². The summed E-state index contributed by atoms with van der Waals surface area (Å²) in [7, 11) is 1.76. The number of hydrogen-bond acceptors (Lipinski definition) is 4. The van der Waals surface area contributed by atoms with Crippen molar-refractivity contribution in [3.63, 3.8) is 0 Å². The first-order valence-electron chi connectivity index (χ1n) is 8.12. The Balaban J connectivity index is 1.97. The Kier molecular flexibility index (Phi) is 6.14. The summed E-state index contributed by atoms with van der Waals surface area (Å²) in [5.41, 5.74) is 2.05. The van der Waals surface area contributed by atoms with Gasteiger partial charge in [-0.2, -0.15) is 0 Å². The number of amides is 2. The molecule has 6 nitrogen and oxygen atoms in total. The molecule has 0 aliphatic carbocycles. The summed E-state index contributed by atoms with van der Waals surface area (Å²) < 4.78 is 0. The molecule has 1 aromatic carbocycles. The van der Waals surface area contributed by atoms with Crippen LogP contribution in [0.5, 0.6) is 0 Å². The standard InChI is InChI=1S/C18H23N3O3S/c1-5-15-20-11(2)16(25-15)12(3)21(4)18(24)19-10-13-6-8-14(9-7-13)17(22)23/h6-9,12H,5,10H2,1-4H3,(H,19,24)(H,22,23). The predicted octanol–water partition coefficient (Wildman–Crippen LogP) is 3.61. The van der Waals surface area contributed by atoms with E-state index in [9.17, 15) is 9.59 Å². The zero-order valence-electron chi connectivity index (χ0n) is 14.9. The summed E-state index contributed by atoms with van der Waals surface area (Å²) in [5, 5.41) is 12.8. The molecule has 7 heteroatoms. The van der Waals surface area contributed by atoms with E-state index in [1.807, 2.05) is 13.8 Å². The van der Waals surface area contributed by atoms with Crippen molar-refractivity contribution in [2.24, 2.45) is 0 Å². The van der Waals surface area contributed by atoms with Crippen molar-refractivity contribution >= 4 is 23.3 Å². The van der Waals surface area contributed by atoms with Crippen LogP contribution in [0.15, 0.2) is 24.3 Å². The van der Waals surface area contributed by atoms with Crippen LogP contribution in [-0.4, -0.2) is 34.0 Å². The molecule has 0 bridgehead atoms. The van der Waals surface area contributed by atoms with Gasteiger partial charge in [0.05, 0.1) is 22.3 Å². The number of carboxylic acid groups (broad SMARTS) is 1. The predicted molar refractivity (Wildman–Crippen MR) is 98.0 cm³/mol. The lowest BCUT2D eigenvalue weighted by Crippen LogP contribution is -2.38. The molecule has 0 saturated heterocycles. The highest BCUT2D eigenvalue weighted by molar-refractivity contribution is 7.11. The Labute approximate surface area is 151 Å². The lowest BCUT2D eigenvalue weighted by atomic mass is 10.1. The number of aromatic carboxylic acids is 1. The van der Waals surface area contributed by atoms with Crippen molar-refractivity contribution < 1.29 is 14.7 Å². The first kappa shape index (κ1) is 18.9. The molecule has 1 heterocycles. The maximum absolute atomic E-state index is 12.4. The van der Waals surface area contributed by atoms with Crippen LogP contribution in [0.4, 0.5) is 4.79 Å². The largest absolute Gasteiger partial charge is 0.478 e. The van der Waals surface area contributed by atoms with Crippen molar-refractivity contribution in [3.8, 4) is 0 Å². The summed E-state index contributed by atoms with van der Waals surface area (Å²) in [6.07, 6.45) is 0.889. The van der Waals surface area contributed by atoms with Crippen LogP contribution in [0.1, 0.15) is 51.4 Å². The van der Waals surface area contributed by atoms with E-state index in [1.54, 1.807) is 35.4 Å². The van der Waals surface area contributed by atoms with Gasteiger partial charge < -0.3 is 15.3 Å². The number of hydrogen-bond donors (Lipinski definition) is 2. The smallest absolute Gasteiger partial charge is 0.335 e. The van der Waals surface area contributed by atoms with Gasteiger partial charge in [0.2, 0.25) is 0 Å². The van der Waals surface area contributed by atoms with Crippen molar-refractivity contribution in [2.75, 3.05) is 7.05 Å². The number of thiazole rings is 1. The fourth-order valence-corrected chi connectivity index (χ4v) is 3.53. The zero-order chi connectivity index (χ0) is 18.6. The van der Waals surface area contributed by atoms with Crippen molar-refractivity contribution in [2.45, 2.75) is 39.8 Å². The van der Waals surface area contributed by atoms with Gasteiger partial charge in [-0.3, -0.25) is 0 Å². The first-order chi connectivity index (χ1) is 11.8. The minimum Gasteiger partial charge on any atom is -0.478 e. The second-order valence-electron chi connectivity index (χ2n) is 5.86. The molecule has 134 valence electrons. The Hall–Kier alpha value is -2.41. The number of aryl methyl sites for hydroxylation is 2. The lowest BCUT2D eigenvalue weighted by Gasteiger charge is -2.24. The van der Waals surface area contributed by atoms with Gasteiger partial charge in [0.1, 0.15) is 0 Å². The molecule has 25 heavy (non-hydrogen) atoms. The van der Waals surface area contributed by atoms with Crippen molar-refractivity contribution in [1.82, 2.24) is 15.2 Å². The van der Waals surface area contributed by atoms with Gasteiger partial charge in [-0.25, -0.2) is 14.6 Å². The first-order valence-corrected chi connectivity index (χ1v) is 8.94. The SMILES string of the molecule is CCc1nc(C)c(C(C)N(C)C(=O)NCc2ccc(C(=O)O)cc2)s1. The molecule has 2 N–H and O–H groups in total. The average Bonchev–Trinajstić information content (AvgIpc) is 2.99. The topological polar surface area (TPSA) is 82.5 Å². The van der Waals surface area contributed by atoms with Gasteiger partial charge in [-0.15, -0.1) is 11.3 Å². The number of carboxylic acids is 1. The van der Waals surface area contributed by atoms with Gasteiger partial charge in [-0.1, -0.05) is 19.1 Å². The van der Waals surface area contributed by atoms with Crippen LogP contribution in [0.2, 0.25) is 0 Å². The summed E-state index contributed by atoms with van der Waals surface area (Å²) in [6, 6.07) is 6.22. The third kappa shape index (κ3) is 4.57. The van der Waals surface area contributed by atoms with Crippen LogP contribution in [-0.2, 0) is 13.0 Å². The molecule has 1 unspecified atom stereocenters. The van der Waals surface area contributed by atoms with E-state index >= 15 is 0 Å². The van der Waals surface area contributed by atoms with Crippen LogP contribution in [0.3, 0.4) is 0 Å². The second-order valence-corrected chi connectivity index (χ2v) is 6.97. The van der Waals surface area contributed by atoms with Crippen LogP contribution in [0.25, 0.3) is 0 Å². The van der Waals surface area contributed by atoms with E-state index in [0.29, 0.717) is 6.54 Å². The highest BCUT2D eigenvalue weighted by Crippen LogP contribution is 2.28. The Morgan fingerprint density at radius 2 is 1.96 bits per heavy atom. The number of nitrogens with zero attached hydrogens (tertiary/aromatic N) is 2. The normalized spacial score (nSPS) is 11.8. The molecule has 1 aromatic heterocycles. The molecule has 2 rings (SSSR count). The van der Waals surface area contributed by atoms with Gasteiger partial charge in [0.25, 0.3) is 0 Å². The van der Waals surface area contributed by atoms with E-state index in [1.165, 1.54) is 12.1 Å². The zero-order valence-corrected chi connectivity index (χ0v) is 15.7. The van der Waals surface area contributed by atoms with Crippen molar-refractivity contribution in [1.29, 1.82) is 0 Å². The Bertz CT molecular complexity index is 755. The molecule has 0 aliphatic heterocycles. The van der Waals surface area contributed by atoms with Crippen molar-refractivity contribution in [3.05, 3.63) is 51.0 Å². The van der Waals surface area contributed by atoms with E-state index in [2.05, 4.69) is 17.2 Å². The number of rotatable bonds is 6. The summed E-state index contributed by atoms with van der Waals surface area (Å²) >= 11 is 1.64. The molecule has 0 saturated carbocycles. The van der Waals surface area contributed by atoms with E-state index in [0.717, 1.165) is 27.6 Å². The minimum atomic E-state index is -0.962.